The molecule has 0 aliphatic carbocycles. The van der Waals surface area contributed by atoms with Crippen LogP contribution in [-0.4, -0.2) is 41.1 Å². The van der Waals surface area contributed by atoms with Crippen molar-refractivity contribution in [3.8, 4) is 5.75 Å². The number of ketones is 1. The van der Waals surface area contributed by atoms with E-state index < -0.39 is 12.6 Å². The van der Waals surface area contributed by atoms with Gasteiger partial charge in [0.25, 0.3) is 0 Å². The summed E-state index contributed by atoms with van der Waals surface area (Å²) in [6, 6.07) is 7.42. The topological polar surface area (TPSA) is 94.8 Å². The highest BCUT2D eigenvalue weighted by Crippen LogP contribution is 2.17. The van der Waals surface area contributed by atoms with Crippen molar-refractivity contribution in [2.24, 2.45) is 0 Å². The predicted octanol–water partition coefficient (Wildman–Crippen LogP) is 2.41. The maximum absolute atomic E-state index is 12.4. The van der Waals surface area contributed by atoms with E-state index in [1.54, 1.807) is 13.0 Å². The number of aromatic hydroxyl groups is 1. The number of phenols is 1. The number of rotatable bonds is 7. The molecule has 0 atom stereocenters. The summed E-state index contributed by atoms with van der Waals surface area (Å²) in [4.78, 5) is 35.7. The third-order valence-corrected chi connectivity index (χ3v) is 4.06. The van der Waals surface area contributed by atoms with Crippen molar-refractivity contribution in [2.45, 2.75) is 26.8 Å². The van der Waals surface area contributed by atoms with Crippen LogP contribution in [0, 0.1) is 13.8 Å². The molecule has 7 nitrogen and oxygen atoms in total. The first-order valence-corrected chi connectivity index (χ1v) is 8.06. The molecule has 0 spiro atoms. The van der Waals surface area contributed by atoms with Crippen LogP contribution in [0.2, 0.25) is 0 Å². The zero-order valence-electron chi connectivity index (χ0n) is 14.9. The SMILES string of the molecule is COC(=O)CCn1c(C)cc(C(=O)COC(=O)c2cccc(O)c2)c1C. The van der Waals surface area contributed by atoms with E-state index in [1.165, 1.54) is 31.4 Å². The van der Waals surface area contributed by atoms with Crippen molar-refractivity contribution in [2.75, 3.05) is 13.7 Å². The lowest BCUT2D eigenvalue weighted by molar-refractivity contribution is -0.140. The van der Waals surface area contributed by atoms with Crippen LogP contribution < -0.4 is 0 Å². The normalized spacial score (nSPS) is 10.4. The van der Waals surface area contributed by atoms with E-state index in [-0.39, 0.29) is 29.5 Å². The molecule has 0 aliphatic heterocycles. The Hall–Kier alpha value is -3.09. The van der Waals surface area contributed by atoms with E-state index in [4.69, 9.17) is 4.74 Å². The Morgan fingerprint density at radius 1 is 1.15 bits per heavy atom. The average molecular weight is 359 g/mol. The second-order valence-corrected chi connectivity index (χ2v) is 5.81. The monoisotopic (exact) mass is 359 g/mol. The number of aryl methyl sites for hydroxylation is 1. The molecule has 0 fully saturated rings. The minimum atomic E-state index is -0.686. The highest BCUT2D eigenvalue weighted by Gasteiger charge is 2.18. The lowest BCUT2D eigenvalue weighted by atomic mass is 10.1. The molecule has 1 aromatic heterocycles. The van der Waals surface area contributed by atoms with Crippen molar-refractivity contribution in [3.05, 3.63) is 52.8 Å². The van der Waals surface area contributed by atoms with Gasteiger partial charge in [-0.05, 0) is 38.1 Å². The number of phenolic OH excluding ortho intramolecular Hbond substituents is 1. The third-order valence-electron chi connectivity index (χ3n) is 4.06. The van der Waals surface area contributed by atoms with Gasteiger partial charge in [0.05, 0.1) is 19.1 Å². The Balaban J connectivity index is 2.03. The molecule has 0 amide bonds. The Morgan fingerprint density at radius 3 is 2.54 bits per heavy atom. The quantitative estimate of drug-likeness (QED) is 0.603. The van der Waals surface area contributed by atoms with Crippen molar-refractivity contribution >= 4 is 17.7 Å². The number of esters is 2. The summed E-state index contributed by atoms with van der Waals surface area (Å²) in [6.07, 6.45) is 0.201. The van der Waals surface area contributed by atoms with Gasteiger partial charge in [-0.2, -0.15) is 0 Å². The van der Waals surface area contributed by atoms with Crippen molar-refractivity contribution in [1.29, 1.82) is 0 Å². The summed E-state index contributed by atoms with van der Waals surface area (Å²) in [7, 11) is 1.33. The largest absolute Gasteiger partial charge is 0.508 e. The van der Waals surface area contributed by atoms with Crippen LogP contribution in [0.15, 0.2) is 30.3 Å². The summed E-state index contributed by atoms with van der Waals surface area (Å²) >= 11 is 0. The fourth-order valence-corrected chi connectivity index (χ4v) is 2.66. The van der Waals surface area contributed by atoms with Gasteiger partial charge < -0.3 is 19.1 Å². The minimum Gasteiger partial charge on any atom is -0.508 e. The fourth-order valence-electron chi connectivity index (χ4n) is 2.66. The van der Waals surface area contributed by atoms with Gasteiger partial charge in [-0.1, -0.05) is 6.07 Å². The first kappa shape index (κ1) is 19.2. The van der Waals surface area contributed by atoms with E-state index in [2.05, 4.69) is 4.74 Å². The first-order valence-electron chi connectivity index (χ1n) is 8.06. The van der Waals surface area contributed by atoms with Crippen LogP contribution in [0.25, 0.3) is 0 Å². The molecule has 1 aromatic carbocycles. The summed E-state index contributed by atoms with van der Waals surface area (Å²) in [6.45, 7) is 3.60. The van der Waals surface area contributed by atoms with Crippen LogP contribution in [0.3, 0.4) is 0 Å². The molecule has 0 saturated heterocycles. The smallest absolute Gasteiger partial charge is 0.338 e. The second kappa shape index (κ2) is 8.33. The maximum Gasteiger partial charge on any atom is 0.338 e. The van der Waals surface area contributed by atoms with E-state index in [1.807, 2.05) is 11.5 Å². The standard InChI is InChI=1S/C19H21NO6/c1-12-9-16(13(2)20(12)8-7-18(23)25-3)17(22)11-26-19(24)14-5-4-6-15(21)10-14/h4-6,9-10,21H,7-8,11H2,1-3H3. The highest BCUT2D eigenvalue weighted by molar-refractivity contribution is 6.00. The lowest BCUT2D eigenvalue weighted by Gasteiger charge is -2.09. The lowest BCUT2D eigenvalue weighted by Crippen LogP contribution is -2.15. The van der Waals surface area contributed by atoms with E-state index in [0.29, 0.717) is 17.8 Å². The molecule has 0 radical (unpaired) electrons. The molecule has 2 aromatic rings. The molecule has 0 saturated carbocycles. The number of methoxy groups -OCH3 is 1. The summed E-state index contributed by atoms with van der Waals surface area (Å²) < 4.78 is 11.5. The molecule has 26 heavy (non-hydrogen) atoms. The summed E-state index contributed by atoms with van der Waals surface area (Å²) in [5.74, 6) is -1.41. The number of benzene rings is 1. The van der Waals surface area contributed by atoms with Crippen LogP contribution in [0.5, 0.6) is 5.75 Å². The molecule has 1 heterocycles. The average Bonchev–Trinajstić information content (AvgIpc) is 2.91. The zero-order valence-corrected chi connectivity index (χ0v) is 14.9. The molecule has 2 rings (SSSR count). The molecule has 7 heteroatoms. The van der Waals surface area contributed by atoms with E-state index in [9.17, 15) is 19.5 Å². The third kappa shape index (κ3) is 4.50. The van der Waals surface area contributed by atoms with Gasteiger partial charge in [-0.15, -0.1) is 0 Å². The Kier molecular flexibility index (Phi) is 6.16. The summed E-state index contributed by atoms with van der Waals surface area (Å²) in [5, 5.41) is 9.38. The number of Topliss-reactive ketones (excluding diaryl/α,β-unsaturated/α-hetero) is 1. The molecular weight excluding hydrogens is 338 g/mol. The highest BCUT2D eigenvalue weighted by atomic mass is 16.5. The van der Waals surface area contributed by atoms with Crippen LogP contribution in [0.1, 0.15) is 38.5 Å². The van der Waals surface area contributed by atoms with Crippen molar-refractivity contribution in [3.63, 3.8) is 0 Å². The zero-order chi connectivity index (χ0) is 19.3. The molecule has 0 bridgehead atoms. The van der Waals surface area contributed by atoms with Gasteiger partial charge >= 0.3 is 11.9 Å². The first-order chi connectivity index (χ1) is 12.3. The van der Waals surface area contributed by atoms with E-state index in [0.717, 1.165) is 5.69 Å². The Morgan fingerprint density at radius 2 is 1.88 bits per heavy atom. The van der Waals surface area contributed by atoms with Crippen molar-refractivity contribution in [1.82, 2.24) is 4.57 Å². The van der Waals surface area contributed by atoms with E-state index >= 15 is 0 Å². The number of aromatic nitrogens is 1. The van der Waals surface area contributed by atoms with Gasteiger partial charge in [-0.25, -0.2) is 4.79 Å². The van der Waals surface area contributed by atoms with Gasteiger partial charge in [0.2, 0.25) is 5.78 Å². The summed E-state index contributed by atoms with van der Waals surface area (Å²) in [5.41, 5.74) is 2.14. The number of carbonyl (C=O) groups is 3. The Labute approximate surface area is 151 Å². The predicted molar refractivity (Wildman–Crippen MR) is 93.3 cm³/mol. The molecular formula is C19H21NO6. The molecule has 0 aliphatic rings. The number of nitrogens with zero attached hydrogens (tertiary/aromatic N) is 1. The van der Waals surface area contributed by atoms with Crippen molar-refractivity contribution < 1.29 is 29.0 Å². The van der Waals surface area contributed by atoms with Gasteiger partial charge in [0.1, 0.15) is 5.75 Å². The number of ether oxygens (including phenoxy) is 2. The molecule has 1 N–H and O–H groups in total. The van der Waals surface area contributed by atoms with Crippen LogP contribution in [0.4, 0.5) is 0 Å². The Bertz CT molecular complexity index is 837. The number of carbonyl (C=O) groups excluding carboxylic acids is 3. The van der Waals surface area contributed by atoms with Gasteiger partial charge in [0.15, 0.2) is 6.61 Å². The maximum atomic E-state index is 12.4. The molecule has 138 valence electrons. The van der Waals surface area contributed by atoms with Gasteiger partial charge in [-0.3, -0.25) is 9.59 Å². The fraction of sp³-hybridized carbons (Fsp3) is 0.316. The second-order valence-electron chi connectivity index (χ2n) is 5.81. The minimum absolute atomic E-state index is 0.0556. The number of hydrogen-bond acceptors (Lipinski definition) is 6. The van der Waals surface area contributed by atoms with Gasteiger partial charge in [0, 0.05) is 23.5 Å². The number of hydrogen-bond donors (Lipinski definition) is 1. The van der Waals surface area contributed by atoms with Crippen LogP contribution >= 0.6 is 0 Å². The van der Waals surface area contributed by atoms with Crippen LogP contribution in [-0.2, 0) is 20.8 Å². The molecule has 0 unspecified atom stereocenters.